The van der Waals surface area contributed by atoms with Crippen molar-refractivity contribution in [3.63, 3.8) is 0 Å². The van der Waals surface area contributed by atoms with E-state index >= 15 is 0 Å². The van der Waals surface area contributed by atoms with Gasteiger partial charge >= 0.3 is 0 Å². The first kappa shape index (κ1) is 25.4. The predicted molar refractivity (Wildman–Crippen MR) is 111 cm³/mol. The number of rotatable bonds is 20. The van der Waals surface area contributed by atoms with Crippen molar-refractivity contribution in [2.24, 2.45) is 0 Å². The van der Waals surface area contributed by atoms with Crippen molar-refractivity contribution in [2.75, 3.05) is 26.2 Å². The second-order valence-electron chi connectivity index (χ2n) is 8.25. The molecule has 0 aliphatic carbocycles. The molecule has 0 aliphatic rings. The van der Waals surface area contributed by atoms with Crippen LogP contribution in [0.4, 0.5) is 0 Å². The van der Waals surface area contributed by atoms with E-state index in [4.69, 9.17) is 0 Å². The van der Waals surface area contributed by atoms with Gasteiger partial charge in [-0.25, -0.2) is 0 Å². The Morgan fingerprint density at radius 3 is 1.23 bits per heavy atom. The molecular weight excluding hydrogens is 322 g/mol. The molecule has 26 heavy (non-hydrogen) atoms. The molecule has 0 saturated carbocycles. The van der Waals surface area contributed by atoms with Crippen LogP contribution in [0.5, 0.6) is 0 Å². The lowest BCUT2D eigenvalue weighted by molar-refractivity contribution is -0.929. The average molecular weight is 370 g/mol. The number of quaternary nitrogens is 1. The Morgan fingerprint density at radius 1 is 0.577 bits per heavy atom. The number of nitrogens with zero attached hydrogens (tertiary/aromatic N) is 1. The smallest absolute Gasteiger partial charge is 0.0786 e. The normalized spacial score (nSPS) is 11.8. The summed E-state index contributed by atoms with van der Waals surface area (Å²) in [5.41, 5.74) is 0. The van der Waals surface area contributed by atoms with E-state index in [9.17, 15) is 9.90 Å². The molecule has 0 atom stereocenters. The average Bonchev–Trinajstić information content (AvgIpc) is 2.63. The lowest BCUT2D eigenvalue weighted by Gasteiger charge is -2.39. The molecule has 0 bridgehead atoms. The molecule has 0 aromatic rings. The van der Waals surface area contributed by atoms with Gasteiger partial charge in [0.1, 0.15) is 0 Å². The molecule has 0 heterocycles. The molecule has 0 unspecified atom stereocenters. The summed E-state index contributed by atoms with van der Waals surface area (Å²) in [6.07, 6.45) is 18.0. The fourth-order valence-electron chi connectivity index (χ4n) is 4.01. The minimum absolute atomic E-state index is 0.224. The molecule has 0 aromatic carbocycles. The summed E-state index contributed by atoms with van der Waals surface area (Å²) in [5, 5.41) is 10.7. The van der Waals surface area contributed by atoms with E-state index in [1.807, 2.05) is 0 Å². The van der Waals surface area contributed by atoms with Crippen molar-refractivity contribution in [1.82, 2.24) is 0 Å². The lowest BCUT2D eigenvalue weighted by Crippen LogP contribution is -2.50. The van der Waals surface area contributed by atoms with Crippen molar-refractivity contribution in [1.29, 1.82) is 0 Å². The number of carboxylic acid groups (broad SMARTS) is 1. The van der Waals surface area contributed by atoms with Crippen LogP contribution < -0.4 is 5.11 Å². The van der Waals surface area contributed by atoms with E-state index in [2.05, 4.69) is 20.8 Å². The minimum atomic E-state index is -0.892. The highest BCUT2D eigenvalue weighted by molar-refractivity contribution is 5.64. The van der Waals surface area contributed by atoms with E-state index in [1.54, 1.807) is 0 Å². The maximum atomic E-state index is 10.7. The zero-order valence-electron chi connectivity index (χ0n) is 18.2. The third-order valence-corrected chi connectivity index (χ3v) is 5.72. The van der Waals surface area contributed by atoms with Crippen molar-refractivity contribution >= 4 is 5.97 Å². The molecule has 0 aromatic heterocycles. The van der Waals surface area contributed by atoms with Crippen LogP contribution in [-0.4, -0.2) is 36.6 Å². The van der Waals surface area contributed by atoms with Crippen LogP contribution in [0, 0.1) is 0 Å². The Kier molecular flexibility index (Phi) is 17.4. The highest BCUT2D eigenvalue weighted by Gasteiger charge is 2.25. The van der Waals surface area contributed by atoms with E-state index in [0.29, 0.717) is 0 Å². The number of carboxylic acids is 1. The lowest BCUT2D eigenvalue weighted by atomic mass is 10.1. The van der Waals surface area contributed by atoms with Gasteiger partial charge in [-0.1, -0.05) is 59.3 Å². The molecular formula is C23H47NO2. The van der Waals surface area contributed by atoms with Crippen LogP contribution in [-0.2, 0) is 4.79 Å². The van der Waals surface area contributed by atoms with Crippen LogP contribution in [0.3, 0.4) is 0 Å². The van der Waals surface area contributed by atoms with Gasteiger partial charge in [-0.15, -0.1) is 0 Å². The number of carbonyl (C=O) groups excluding carboxylic acids is 1. The Hall–Kier alpha value is -0.570. The summed E-state index contributed by atoms with van der Waals surface area (Å²) in [6.45, 7) is 11.9. The van der Waals surface area contributed by atoms with Gasteiger partial charge in [-0.2, -0.15) is 0 Å². The largest absolute Gasteiger partial charge is 0.550 e. The second kappa shape index (κ2) is 17.8. The quantitative estimate of drug-likeness (QED) is 0.211. The monoisotopic (exact) mass is 369 g/mol. The summed E-state index contributed by atoms with van der Waals surface area (Å²) < 4.78 is 1.24. The minimum Gasteiger partial charge on any atom is -0.550 e. The van der Waals surface area contributed by atoms with Crippen LogP contribution in [0.2, 0.25) is 0 Å². The van der Waals surface area contributed by atoms with Crippen molar-refractivity contribution < 1.29 is 14.4 Å². The molecule has 0 aliphatic heterocycles. The van der Waals surface area contributed by atoms with Crippen molar-refractivity contribution in [3.8, 4) is 0 Å². The summed E-state index contributed by atoms with van der Waals surface area (Å²) in [7, 11) is 0. The van der Waals surface area contributed by atoms with Crippen molar-refractivity contribution in [3.05, 3.63) is 0 Å². The highest BCUT2D eigenvalue weighted by Crippen LogP contribution is 2.19. The number of carbonyl (C=O) groups is 1. The van der Waals surface area contributed by atoms with Gasteiger partial charge in [-0.3, -0.25) is 0 Å². The topological polar surface area (TPSA) is 40.1 Å². The predicted octanol–water partition coefficient (Wildman–Crippen LogP) is 5.46. The van der Waals surface area contributed by atoms with Gasteiger partial charge < -0.3 is 14.4 Å². The van der Waals surface area contributed by atoms with E-state index in [1.165, 1.54) is 101 Å². The first-order chi connectivity index (χ1) is 12.6. The SMILES string of the molecule is CCCCCC[N+](CCCCCC)(CCCCCC)CCCCC(=O)[O-]. The number of aliphatic carboxylic acids is 1. The molecule has 156 valence electrons. The molecule has 0 saturated heterocycles. The van der Waals surface area contributed by atoms with Crippen molar-refractivity contribution in [2.45, 2.75) is 117 Å². The number of hydrogen-bond acceptors (Lipinski definition) is 2. The highest BCUT2D eigenvalue weighted by atomic mass is 16.4. The zero-order chi connectivity index (χ0) is 19.5. The zero-order valence-corrected chi connectivity index (χ0v) is 18.2. The fraction of sp³-hybridized carbons (Fsp3) is 0.957. The van der Waals surface area contributed by atoms with Crippen LogP contribution >= 0.6 is 0 Å². The molecule has 0 fully saturated rings. The standard InChI is InChI=1S/C23H47NO2/c1-4-7-10-14-19-24(20-15-11-8-5-2,21-16-12-9-6-3)22-17-13-18-23(25)26/h4-22H2,1-3H3. The van der Waals surface area contributed by atoms with Crippen LogP contribution in [0.1, 0.15) is 117 Å². The van der Waals surface area contributed by atoms with Gasteiger partial charge in [0, 0.05) is 5.97 Å². The first-order valence-corrected chi connectivity index (χ1v) is 11.6. The van der Waals surface area contributed by atoms with E-state index in [0.717, 1.165) is 19.4 Å². The summed E-state index contributed by atoms with van der Waals surface area (Å²) in [4.78, 5) is 10.7. The molecule has 0 rings (SSSR count). The van der Waals surface area contributed by atoms with Gasteiger partial charge in [0.15, 0.2) is 0 Å². The van der Waals surface area contributed by atoms with Gasteiger partial charge in [0.2, 0.25) is 0 Å². The van der Waals surface area contributed by atoms with Crippen LogP contribution in [0.15, 0.2) is 0 Å². The molecule has 0 radical (unpaired) electrons. The Balaban J connectivity index is 4.70. The first-order valence-electron chi connectivity index (χ1n) is 11.6. The fourth-order valence-corrected chi connectivity index (χ4v) is 4.01. The van der Waals surface area contributed by atoms with E-state index in [-0.39, 0.29) is 6.42 Å². The van der Waals surface area contributed by atoms with Gasteiger partial charge in [0.25, 0.3) is 0 Å². The van der Waals surface area contributed by atoms with Gasteiger partial charge in [-0.05, 0) is 57.8 Å². The van der Waals surface area contributed by atoms with Gasteiger partial charge in [0.05, 0.1) is 26.2 Å². The Labute approximate surface area is 164 Å². The molecule has 3 heteroatoms. The van der Waals surface area contributed by atoms with E-state index < -0.39 is 5.97 Å². The third kappa shape index (κ3) is 14.6. The summed E-state index contributed by atoms with van der Waals surface area (Å²) >= 11 is 0. The summed E-state index contributed by atoms with van der Waals surface area (Å²) in [5.74, 6) is -0.892. The Bertz CT molecular complexity index is 286. The number of hydrogen-bond donors (Lipinski definition) is 0. The Morgan fingerprint density at radius 2 is 0.923 bits per heavy atom. The number of unbranched alkanes of at least 4 members (excludes halogenated alkanes) is 10. The molecule has 0 N–H and O–H groups in total. The molecule has 0 spiro atoms. The second-order valence-corrected chi connectivity index (χ2v) is 8.25. The maximum Gasteiger partial charge on any atom is 0.0786 e. The maximum absolute atomic E-state index is 10.7. The molecule has 3 nitrogen and oxygen atoms in total. The molecule has 0 amide bonds. The summed E-state index contributed by atoms with van der Waals surface area (Å²) in [6, 6.07) is 0. The van der Waals surface area contributed by atoms with Crippen LogP contribution in [0.25, 0.3) is 0 Å². The third-order valence-electron chi connectivity index (χ3n) is 5.72.